The van der Waals surface area contributed by atoms with Crippen LogP contribution in [-0.4, -0.2) is 15.0 Å². The summed E-state index contributed by atoms with van der Waals surface area (Å²) >= 11 is 0. The normalized spacial score (nSPS) is 11.1. The monoisotopic (exact) mass is 728 g/mol. The number of fused-ring (bicyclic) bond motifs is 3. The van der Waals surface area contributed by atoms with Crippen LogP contribution in [0.4, 0.5) is 0 Å². The molecule has 8 aromatic carbocycles. The maximum atomic E-state index is 9.73. The molecular weight excluding hydrogens is 697 g/mol. The number of nitriles is 1. The second-order valence-corrected chi connectivity index (χ2v) is 13.9. The highest BCUT2D eigenvalue weighted by Crippen LogP contribution is 2.43. The molecule has 0 aliphatic carbocycles. The number of aromatic nitrogens is 3. The molecule has 266 valence electrons. The first-order valence-corrected chi connectivity index (χ1v) is 18.8. The van der Waals surface area contributed by atoms with Gasteiger partial charge in [-0.15, -0.1) is 0 Å². The van der Waals surface area contributed by atoms with Gasteiger partial charge in [0.2, 0.25) is 0 Å². The van der Waals surface area contributed by atoms with E-state index in [1.165, 1.54) is 5.56 Å². The predicted octanol–water partition coefficient (Wildman–Crippen LogP) is 13.3. The minimum atomic E-state index is 0.537. The van der Waals surface area contributed by atoms with Gasteiger partial charge >= 0.3 is 0 Å². The van der Waals surface area contributed by atoms with Crippen LogP contribution in [0.1, 0.15) is 5.56 Å². The molecule has 10 aromatic rings. The number of benzene rings is 8. The van der Waals surface area contributed by atoms with Crippen LogP contribution in [0.25, 0.3) is 101 Å². The van der Waals surface area contributed by atoms with Gasteiger partial charge < -0.3 is 4.42 Å². The molecule has 57 heavy (non-hydrogen) atoms. The molecule has 0 fully saturated rings. The van der Waals surface area contributed by atoms with Gasteiger partial charge in [-0.2, -0.15) is 5.26 Å². The average Bonchev–Trinajstić information content (AvgIpc) is 3.67. The zero-order valence-corrected chi connectivity index (χ0v) is 30.7. The highest BCUT2D eigenvalue weighted by atomic mass is 16.3. The summed E-state index contributed by atoms with van der Waals surface area (Å²) in [5.41, 5.74) is 13.1. The van der Waals surface area contributed by atoms with Crippen LogP contribution in [0.5, 0.6) is 0 Å². The zero-order valence-electron chi connectivity index (χ0n) is 30.7. The number of furan rings is 1. The van der Waals surface area contributed by atoms with Crippen LogP contribution in [0.3, 0.4) is 0 Å². The Morgan fingerprint density at radius 1 is 0.351 bits per heavy atom. The van der Waals surface area contributed by atoms with Crippen molar-refractivity contribution >= 4 is 21.9 Å². The van der Waals surface area contributed by atoms with Crippen LogP contribution in [0.2, 0.25) is 0 Å². The van der Waals surface area contributed by atoms with Gasteiger partial charge in [0.05, 0.1) is 11.6 Å². The van der Waals surface area contributed by atoms with E-state index in [4.69, 9.17) is 19.4 Å². The smallest absolute Gasteiger partial charge is 0.164 e. The lowest BCUT2D eigenvalue weighted by atomic mass is 9.93. The van der Waals surface area contributed by atoms with Crippen molar-refractivity contribution in [1.29, 1.82) is 5.26 Å². The summed E-state index contributed by atoms with van der Waals surface area (Å²) in [5, 5.41) is 11.8. The van der Waals surface area contributed by atoms with Crippen LogP contribution >= 0.6 is 0 Å². The topological polar surface area (TPSA) is 75.6 Å². The summed E-state index contributed by atoms with van der Waals surface area (Å²) < 4.78 is 6.69. The quantitative estimate of drug-likeness (QED) is 0.163. The first-order chi connectivity index (χ1) is 28.2. The Labute approximate surface area is 329 Å². The lowest BCUT2D eigenvalue weighted by Gasteiger charge is -2.13. The molecule has 0 saturated heterocycles. The largest absolute Gasteiger partial charge is 0.456 e. The van der Waals surface area contributed by atoms with Gasteiger partial charge in [-0.3, -0.25) is 0 Å². The molecule has 5 nitrogen and oxygen atoms in total. The third kappa shape index (κ3) is 6.32. The summed E-state index contributed by atoms with van der Waals surface area (Å²) in [6.45, 7) is 0. The Balaban J connectivity index is 1.17. The number of hydrogen-bond acceptors (Lipinski definition) is 5. The molecule has 0 unspecified atom stereocenters. The first kappa shape index (κ1) is 33.6. The highest BCUT2D eigenvalue weighted by Gasteiger charge is 2.21. The zero-order chi connectivity index (χ0) is 38.1. The van der Waals surface area contributed by atoms with Crippen molar-refractivity contribution in [2.24, 2.45) is 0 Å². The molecule has 2 aromatic heterocycles. The molecule has 0 bridgehead atoms. The number of rotatable bonds is 7. The van der Waals surface area contributed by atoms with Gasteiger partial charge in [-0.1, -0.05) is 164 Å². The molecule has 0 N–H and O–H groups in total. The summed E-state index contributed by atoms with van der Waals surface area (Å²) in [6, 6.07) is 68.1. The molecule has 0 atom stereocenters. The summed E-state index contributed by atoms with van der Waals surface area (Å²) in [7, 11) is 0. The molecule has 10 rings (SSSR count). The first-order valence-electron chi connectivity index (χ1n) is 18.8. The fourth-order valence-corrected chi connectivity index (χ4v) is 7.62. The van der Waals surface area contributed by atoms with Crippen LogP contribution in [-0.2, 0) is 0 Å². The maximum absolute atomic E-state index is 9.73. The van der Waals surface area contributed by atoms with Gasteiger partial charge in [-0.05, 0) is 74.8 Å². The number of hydrogen-bond donors (Lipinski definition) is 0. The van der Waals surface area contributed by atoms with E-state index in [2.05, 4.69) is 103 Å². The highest BCUT2D eigenvalue weighted by molar-refractivity contribution is 6.14. The van der Waals surface area contributed by atoms with Gasteiger partial charge in [-0.25, -0.2) is 15.0 Å². The Morgan fingerprint density at radius 2 is 0.877 bits per heavy atom. The third-order valence-corrected chi connectivity index (χ3v) is 10.4. The molecule has 0 spiro atoms. The second-order valence-electron chi connectivity index (χ2n) is 13.9. The Morgan fingerprint density at radius 3 is 1.60 bits per heavy atom. The van der Waals surface area contributed by atoms with Crippen molar-refractivity contribution in [3.63, 3.8) is 0 Å². The third-order valence-electron chi connectivity index (χ3n) is 10.4. The molecule has 0 aliphatic heterocycles. The lowest BCUT2D eigenvalue weighted by Crippen LogP contribution is -2.01. The lowest BCUT2D eigenvalue weighted by molar-refractivity contribution is 0.669. The summed E-state index contributed by atoms with van der Waals surface area (Å²) in [4.78, 5) is 15.3. The van der Waals surface area contributed by atoms with Crippen molar-refractivity contribution in [3.05, 3.63) is 200 Å². The maximum Gasteiger partial charge on any atom is 0.164 e. The Hall–Kier alpha value is -7.94. The standard InChI is InChI=1S/C52H32N4O/c53-33-41-20-10-11-23-42(41)36-26-28-38(29-27-36)51-54-50(37-18-8-3-9-19-37)55-52(56-51)45-32-48-46(31-44(45)35-16-6-2-7-17-35)49-43(24-13-25-47(49)57-48)40-22-12-21-39(30-40)34-14-4-1-5-15-34/h1-32H. The molecule has 0 radical (unpaired) electrons. The predicted molar refractivity (Wildman–Crippen MR) is 230 cm³/mol. The molecule has 2 heterocycles. The van der Waals surface area contributed by atoms with Gasteiger partial charge in [0.15, 0.2) is 17.5 Å². The molecule has 0 saturated carbocycles. The number of nitrogens with zero attached hydrogens (tertiary/aromatic N) is 4. The minimum absolute atomic E-state index is 0.537. The van der Waals surface area contributed by atoms with Gasteiger partial charge in [0.25, 0.3) is 0 Å². The molecule has 0 amide bonds. The van der Waals surface area contributed by atoms with E-state index < -0.39 is 0 Å². The Kier molecular flexibility index (Phi) is 8.48. The second kappa shape index (κ2) is 14.4. The van der Waals surface area contributed by atoms with E-state index in [-0.39, 0.29) is 0 Å². The summed E-state index contributed by atoms with van der Waals surface area (Å²) in [6.07, 6.45) is 0. The van der Waals surface area contributed by atoms with E-state index in [1.54, 1.807) is 0 Å². The van der Waals surface area contributed by atoms with Crippen molar-refractivity contribution in [2.45, 2.75) is 0 Å². The van der Waals surface area contributed by atoms with E-state index in [0.717, 1.165) is 77.6 Å². The van der Waals surface area contributed by atoms with Crippen molar-refractivity contribution < 1.29 is 4.42 Å². The fourth-order valence-electron chi connectivity index (χ4n) is 7.62. The van der Waals surface area contributed by atoms with Crippen LogP contribution in [0, 0.1) is 11.3 Å². The van der Waals surface area contributed by atoms with E-state index in [1.807, 2.05) is 97.1 Å². The van der Waals surface area contributed by atoms with Crippen LogP contribution in [0.15, 0.2) is 199 Å². The van der Waals surface area contributed by atoms with Crippen molar-refractivity contribution in [2.75, 3.05) is 0 Å². The van der Waals surface area contributed by atoms with Crippen molar-refractivity contribution in [1.82, 2.24) is 15.0 Å². The van der Waals surface area contributed by atoms with E-state index in [9.17, 15) is 5.26 Å². The Bertz CT molecular complexity index is 3110. The van der Waals surface area contributed by atoms with Gasteiger partial charge in [0.1, 0.15) is 11.2 Å². The van der Waals surface area contributed by atoms with E-state index in [0.29, 0.717) is 23.0 Å². The van der Waals surface area contributed by atoms with E-state index >= 15 is 0 Å². The summed E-state index contributed by atoms with van der Waals surface area (Å²) in [5.74, 6) is 1.65. The molecule has 5 heteroatoms. The van der Waals surface area contributed by atoms with Gasteiger partial charge in [0, 0.05) is 27.5 Å². The van der Waals surface area contributed by atoms with Crippen LogP contribution < -0.4 is 0 Å². The average molecular weight is 729 g/mol. The fraction of sp³-hybridized carbons (Fsp3) is 0. The van der Waals surface area contributed by atoms with Crippen molar-refractivity contribution in [3.8, 4) is 84.7 Å². The minimum Gasteiger partial charge on any atom is -0.456 e. The SMILES string of the molecule is N#Cc1ccccc1-c1ccc(-c2nc(-c3ccccc3)nc(-c3cc4oc5cccc(-c6cccc(-c7ccccc7)c6)c5c4cc3-c3ccccc3)n2)cc1. The molecule has 0 aliphatic rings. The molecular formula is C52H32N4O.